The Bertz CT molecular complexity index is 799. The summed E-state index contributed by atoms with van der Waals surface area (Å²) in [6.07, 6.45) is 3.20. The summed E-state index contributed by atoms with van der Waals surface area (Å²) in [5, 5.41) is 10.9. The molecule has 0 bridgehead atoms. The lowest BCUT2D eigenvalue weighted by Crippen LogP contribution is -2.05. The highest BCUT2D eigenvalue weighted by Crippen LogP contribution is 2.74. The highest BCUT2D eigenvalue weighted by atomic mass is 31.2. The SMILES string of the molecule is CCOP(=O)(OCC)C(=Cc1cc(C(C)CC)c(O)c(C(C)CC)c1)P(=O)(OCC)OCC. The summed E-state index contributed by atoms with van der Waals surface area (Å²) >= 11 is 0. The number of benzene rings is 1. The second-order valence-electron chi connectivity index (χ2n) is 7.84. The van der Waals surface area contributed by atoms with Gasteiger partial charge < -0.3 is 23.2 Å². The molecule has 0 aliphatic carbocycles. The standard InChI is InChI=1S/C24H42O7P2/c1-9-18(7)21-15-20(16-22(24(21)25)19(8)10-2)17-23(32(26,28-11-3)29-12-4)33(27,30-13-5)31-14-6/h15-19,25H,9-14H2,1-8H3. The maximum absolute atomic E-state index is 13.8. The van der Waals surface area contributed by atoms with Crippen LogP contribution in [0.1, 0.15) is 96.8 Å². The number of phenols is 1. The van der Waals surface area contributed by atoms with Crippen LogP contribution in [0.15, 0.2) is 17.2 Å². The molecule has 0 amide bonds. The molecule has 1 N–H and O–H groups in total. The van der Waals surface area contributed by atoms with E-state index in [4.69, 9.17) is 18.1 Å². The van der Waals surface area contributed by atoms with E-state index in [0.717, 1.165) is 24.0 Å². The zero-order valence-electron chi connectivity index (χ0n) is 21.4. The molecular weight excluding hydrogens is 462 g/mol. The maximum Gasteiger partial charge on any atom is 0.369 e. The van der Waals surface area contributed by atoms with Crippen molar-refractivity contribution in [3.8, 4) is 5.75 Å². The van der Waals surface area contributed by atoms with Crippen LogP contribution in [0.2, 0.25) is 0 Å². The normalized spacial score (nSPS) is 14.2. The lowest BCUT2D eigenvalue weighted by atomic mass is 9.88. The molecule has 7 nitrogen and oxygen atoms in total. The largest absolute Gasteiger partial charge is 0.507 e. The van der Waals surface area contributed by atoms with Gasteiger partial charge in [0.05, 0.1) is 26.4 Å². The fraction of sp³-hybridized carbons (Fsp3) is 0.667. The van der Waals surface area contributed by atoms with Crippen LogP contribution in [-0.4, -0.2) is 31.5 Å². The van der Waals surface area contributed by atoms with E-state index < -0.39 is 15.2 Å². The zero-order valence-corrected chi connectivity index (χ0v) is 23.2. The van der Waals surface area contributed by atoms with Gasteiger partial charge >= 0.3 is 15.2 Å². The van der Waals surface area contributed by atoms with E-state index in [1.54, 1.807) is 27.7 Å². The number of aromatic hydroxyl groups is 1. The van der Waals surface area contributed by atoms with Crippen LogP contribution in [0, 0.1) is 0 Å². The number of rotatable bonds is 15. The van der Waals surface area contributed by atoms with Gasteiger partial charge in [-0.1, -0.05) is 27.7 Å². The molecule has 0 aromatic heterocycles. The first-order valence-corrected chi connectivity index (χ1v) is 15.0. The summed E-state index contributed by atoms with van der Waals surface area (Å²) in [5.41, 5.74) is 2.20. The van der Waals surface area contributed by atoms with E-state index in [-0.39, 0.29) is 49.1 Å². The van der Waals surface area contributed by atoms with Gasteiger partial charge in [0.1, 0.15) is 5.75 Å². The molecule has 2 atom stereocenters. The third-order valence-electron chi connectivity index (χ3n) is 5.53. The van der Waals surface area contributed by atoms with E-state index in [2.05, 4.69) is 13.8 Å². The van der Waals surface area contributed by atoms with Gasteiger partial charge in [-0.25, -0.2) is 0 Å². The molecule has 190 valence electrons. The summed E-state index contributed by atoms with van der Waals surface area (Å²) in [5.74, 6) is 0.467. The van der Waals surface area contributed by atoms with Gasteiger partial charge in [-0.2, -0.15) is 0 Å². The second-order valence-corrected chi connectivity index (χ2v) is 12.2. The van der Waals surface area contributed by atoms with Crippen LogP contribution in [0.25, 0.3) is 6.08 Å². The fourth-order valence-corrected chi connectivity index (χ4v) is 8.00. The lowest BCUT2D eigenvalue weighted by molar-refractivity contribution is 0.214. The summed E-state index contributed by atoms with van der Waals surface area (Å²) in [6, 6.07) is 3.67. The van der Waals surface area contributed by atoms with Gasteiger partial charge in [0.25, 0.3) is 0 Å². The molecule has 1 aromatic rings. The molecule has 0 spiro atoms. The van der Waals surface area contributed by atoms with Crippen molar-refractivity contribution in [1.29, 1.82) is 0 Å². The second kappa shape index (κ2) is 13.8. The Morgan fingerprint density at radius 1 is 0.788 bits per heavy atom. The Morgan fingerprint density at radius 2 is 1.12 bits per heavy atom. The van der Waals surface area contributed by atoms with Crippen molar-refractivity contribution < 1.29 is 32.3 Å². The monoisotopic (exact) mass is 504 g/mol. The Labute approximate surface area is 199 Å². The first-order valence-electron chi connectivity index (χ1n) is 11.9. The molecular formula is C24H42O7P2. The highest BCUT2D eigenvalue weighted by Gasteiger charge is 2.45. The third-order valence-corrected chi connectivity index (χ3v) is 10.8. The predicted octanol–water partition coefficient (Wildman–Crippen LogP) is 8.25. The molecule has 0 radical (unpaired) electrons. The molecule has 9 heteroatoms. The molecule has 2 unspecified atom stereocenters. The molecule has 0 heterocycles. The van der Waals surface area contributed by atoms with Crippen molar-refractivity contribution in [3.63, 3.8) is 0 Å². The Morgan fingerprint density at radius 3 is 1.39 bits per heavy atom. The number of phenolic OH excluding ortho intramolecular Hbond substituents is 1. The minimum absolute atomic E-state index is 0.0959. The summed E-state index contributed by atoms with van der Waals surface area (Å²) in [4.78, 5) is 0. The Hall–Kier alpha value is -0.940. The summed E-state index contributed by atoms with van der Waals surface area (Å²) in [6.45, 7) is 15.3. The van der Waals surface area contributed by atoms with Gasteiger partial charge in [0, 0.05) is 0 Å². The number of hydrogen-bond acceptors (Lipinski definition) is 7. The Kier molecular flexibility index (Phi) is 12.6. The minimum Gasteiger partial charge on any atom is -0.507 e. The average molecular weight is 505 g/mol. The van der Waals surface area contributed by atoms with Crippen molar-refractivity contribution >= 4 is 21.3 Å². The van der Waals surface area contributed by atoms with Gasteiger partial charge in [-0.05, 0) is 87.3 Å². The van der Waals surface area contributed by atoms with Crippen molar-refractivity contribution in [3.05, 3.63) is 33.9 Å². The quantitative estimate of drug-likeness (QED) is 0.240. The van der Waals surface area contributed by atoms with Gasteiger partial charge in [-0.15, -0.1) is 0 Å². The first-order chi connectivity index (χ1) is 15.6. The van der Waals surface area contributed by atoms with Crippen molar-refractivity contribution in [2.45, 2.75) is 80.1 Å². The predicted molar refractivity (Wildman–Crippen MR) is 135 cm³/mol. The van der Waals surface area contributed by atoms with E-state index in [9.17, 15) is 14.2 Å². The first kappa shape index (κ1) is 30.1. The van der Waals surface area contributed by atoms with Crippen molar-refractivity contribution in [2.24, 2.45) is 0 Å². The molecule has 0 fully saturated rings. The van der Waals surface area contributed by atoms with Gasteiger partial charge in [0.15, 0.2) is 5.06 Å². The maximum atomic E-state index is 13.8. The van der Waals surface area contributed by atoms with E-state index in [1.807, 2.05) is 26.0 Å². The highest BCUT2D eigenvalue weighted by molar-refractivity contribution is 7.79. The van der Waals surface area contributed by atoms with Crippen molar-refractivity contribution in [2.75, 3.05) is 26.4 Å². The van der Waals surface area contributed by atoms with Gasteiger partial charge in [0.2, 0.25) is 0 Å². The average Bonchev–Trinajstić information content (AvgIpc) is 2.77. The molecule has 33 heavy (non-hydrogen) atoms. The van der Waals surface area contributed by atoms with Crippen LogP contribution in [-0.2, 0) is 27.2 Å². The topological polar surface area (TPSA) is 91.3 Å². The van der Waals surface area contributed by atoms with Gasteiger partial charge in [-0.3, -0.25) is 9.13 Å². The van der Waals surface area contributed by atoms with Crippen LogP contribution in [0.3, 0.4) is 0 Å². The minimum atomic E-state index is -3.99. The van der Waals surface area contributed by atoms with E-state index >= 15 is 0 Å². The third kappa shape index (κ3) is 7.52. The fourth-order valence-electron chi connectivity index (χ4n) is 3.45. The smallest absolute Gasteiger partial charge is 0.369 e. The van der Waals surface area contributed by atoms with Crippen molar-refractivity contribution in [1.82, 2.24) is 0 Å². The molecule has 0 aliphatic heterocycles. The Balaban J connectivity index is 3.98. The molecule has 1 rings (SSSR count). The lowest BCUT2D eigenvalue weighted by Gasteiger charge is -2.26. The summed E-state index contributed by atoms with van der Waals surface area (Å²) in [7, 11) is -7.99. The van der Waals surface area contributed by atoms with E-state index in [1.165, 1.54) is 6.08 Å². The molecule has 0 saturated heterocycles. The molecule has 0 aliphatic rings. The summed E-state index contributed by atoms with van der Waals surface area (Å²) < 4.78 is 49.9. The van der Waals surface area contributed by atoms with Crippen LogP contribution < -0.4 is 0 Å². The van der Waals surface area contributed by atoms with Crippen LogP contribution in [0.4, 0.5) is 0 Å². The number of hydrogen-bond donors (Lipinski definition) is 1. The van der Waals surface area contributed by atoms with Crippen LogP contribution in [0.5, 0.6) is 5.75 Å². The van der Waals surface area contributed by atoms with E-state index in [0.29, 0.717) is 5.56 Å². The van der Waals surface area contributed by atoms with Crippen LogP contribution >= 0.6 is 15.2 Å². The zero-order chi connectivity index (χ0) is 25.2. The molecule has 0 saturated carbocycles. The molecule has 1 aromatic carbocycles.